The van der Waals surface area contributed by atoms with Gasteiger partial charge in [-0.2, -0.15) is 0 Å². The van der Waals surface area contributed by atoms with Crippen molar-refractivity contribution >= 4 is 15.9 Å². The second-order valence-corrected chi connectivity index (χ2v) is 8.48. The second kappa shape index (κ2) is 7.77. The first-order valence-electron chi connectivity index (χ1n) is 7.83. The van der Waals surface area contributed by atoms with Gasteiger partial charge in [0.25, 0.3) is 0 Å². The highest BCUT2D eigenvalue weighted by Gasteiger charge is 2.23. The van der Waals surface area contributed by atoms with Gasteiger partial charge in [0.15, 0.2) is 0 Å². The van der Waals surface area contributed by atoms with Gasteiger partial charge in [-0.25, -0.2) is 17.6 Å². The van der Waals surface area contributed by atoms with Gasteiger partial charge in [0.2, 0.25) is 0 Å². The van der Waals surface area contributed by atoms with E-state index in [1.807, 2.05) is 6.92 Å². The van der Waals surface area contributed by atoms with E-state index in [2.05, 4.69) is 10.6 Å². The predicted octanol–water partition coefficient (Wildman–Crippen LogP) is 1.88. The number of amides is 2. The lowest BCUT2D eigenvalue weighted by atomic mass is 10.0. The van der Waals surface area contributed by atoms with Gasteiger partial charge < -0.3 is 10.6 Å². The summed E-state index contributed by atoms with van der Waals surface area (Å²) < 4.78 is 35.5. The summed E-state index contributed by atoms with van der Waals surface area (Å²) in [7, 11) is -2.87. The smallest absolute Gasteiger partial charge is 0.315 e. The van der Waals surface area contributed by atoms with Crippen LogP contribution >= 0.6 is 0 Å². The summed E-state index contributed by atoms with van der Waals surface area (Å²) in [6, 6.07) is 5.88. The second-order valence-electron chi connectivity index (χ2n) is 6.18. The molecule has 128 valence electrons. The maximum absolute atomic E-state index is 12.8. The molecule has 0 spiro atoms. The van der Waals surface area contributed by atoms with Crippen molar-refractivity contribution in [3.8, 4) is 0 Å². The monoisotopic (exact) mass is 342 g/mol. The van der Waals surface area contributed by atoms with Crippen LogP contribution in [-0.2, 0) is 16.3 Å². The third-order valence-corrected chi connectivity index (χ3v) is 5.77. The van der Waals surface area contributed by atoms with E-state index >= 15 is 0 Å². The van der Waals surface area contributed by atoms with Crippen molar-refractivity contribution in [1.29, 1.82) is 0 Å². The summed E-state index contributed by atoms with van der Waals surface area (Å²) >= 11 is 0. The predicted molar refractivity (Wildman–Crippen MR) is 87.5 cm³/mol. The molecule has 0 bridgehead atoms. The van der Waals surface area contributed by atoms with E-state index < -0.39 is 9.84 Å². The van der Waals surface area contributed by atoms with E-state index in [9.17, 15) is 17.6 Å². The van der Waals surface area contributed by atoms with E-state index in [1.165, 1.54) is 12.1 Å². The molecule has 0 radical (unpaired) electrons. The molecule has 5 nitrogen and oxygen atoms in total. The Kier molecular flexibility index (Phi) is 5.98. The third kappa shape index (κ3) is 6.17. The van der Waals surface area contributed by atoms with Crippen molar-refractivity contribution in [3.05, 3.63) is 35.6 Å². The van der Waals surface area contributed by atoms with Gasteiger partial charge >= 0.3 is 6.03 Å². The molecule has 0 aliphatic carbocycles. The van der Waals surface area contributed by atoms with Crippen molar-refractivity contribution in [2.45, 2.75) is 32.2 Å². The zero-order valence-corrected chi connectivity index (χ0v) is 14.0. The summed E-state index contributed by atoms with van der Waals surface area (Å²) in [4.78, 5) is 11.9. The van der Waals surface area contributed by atoms with Crippen molar-refractivity contribution in [2.75, 3.05) is 18.1 Å². The largest absolute Gasteiger partial charge is 0.338 e. The van der Waals surface area contributed by atoms with Crippen LogP contribution in [0.5, 0.6) is 0 Å². The van der Waals surface area contributed by atoms with Gasteiger partial charge in [-0.1, -0.05) is 12.1 Å². The zero-order valence-electron chi connectivity index (χ0n) is 13.2. The Balaban J connectivity index is 1.69. The zero-order chi connectivity index (χ0) is 16.9. The van der Waals surface area contributed by atoms with Gasteiger partial charge in [-0.05, 0) is 49.8 Å². The van der Waals surface area contributed by atoms with Crippen molar-refractivity contribution in [2.24, 2.45) is 5.92 Å². The fourth-order valence-electron chi connectivity index (χ4n) is 2.68. The molecular formula is C16H23FN2O3S. The number of hydrogen-bond acceptors (Lipinski definition) is 3. The fourth-order valence-corrected chi connectivity index (χ4v) is 4.27. The van der Waals surface area contributed by atoms with Gasteiger partial charge in [0.05, 0.1) is 11.5 Å². The fraction of sp³-hybridized carbons (Fsp3) is 0.562. The Hall–Kier alpha value is -1.63. The lowest BCUT2D eigenvalue weighted by Crippen LogP contribution is -2.44. The van der Waals surface area contributed by atoms with E-state index in [1.54, 1.807) is 12.1 Å². The SMILES string of the molecule is C[C@H](Cc1ccc(F)cc1)NC(=O)NCC1CCS(=O)(=O)CC1. The van der Waals surface area contributed by atoms with Crippen molar-refractivity contribution in [1.82, 2.24) is 10.6 Å². The summed E-state index contributed by atoms with van der Waals surface area (Å²) in [5.74, 6) is 0.363. The molecule has 1 aliphatic rings. The highest BCUT2D eigenvalue weighted by Crippen LogP contribution is 2.17. The summed E-state index contributed by atoms with van der Waals surface area (Å²) in [6.07, 6.45) is 1.83. The number of nitrogens with one attached hydrogen (secondary N) is 2. The maximum Gasteiger partial charge on any atom is 0.315 e. The van der Waals surface area contributed by atoms with Gasteiger partial charge in [-0.15, -0.1) is 0 Å². The van der Waals surface area contributed by atoms with Crippen LogP contribution in [0.25, 0.3) is 0 Å². The molecule has 1 heterocycles. The minimum atomic E-state index is -2.87. The molecule has 2 rings (SSSR count). The Morgan fingerprint density at radius 1 is 1.26 bits per heavy atom. The number of carbonyl (C=O) groups excluding carboxylic acids is 1. The summed E-state index contributed by atoms with van der Waals surface area (Å²) in [5, 5.41) is 5.64. The molecule has 1 aromatic rings. The average molecular weight is 342 g/mol. The normalized spacial score (nSPS) is 19.0. The number of urea groups is 1. The number of benzene rings is 1. The van der Waals surface area contributed by atoms with Crippen LogP contribution in [0.3, 0.4) is 0 Å². The van der Waals surface area contributed by atoms with Gasteiger partial charge in [0, 0.05) is 12.6 Å². The van der Waals surface area contributed by atoms with E-state index in [4.69, 9.17) is 0 Å². The molecule has 0 unspecified atom stereocenters. The van der Waals surface area contributed by atoms with Gasteiger partial charge in [0.1, 0.15) is 15.7 Å². The molecule has 1 saturated heterocycles. The highest BCUT2D eigenvalue weighted by molar-refractivity contribution is 7.91. The van der Waals surface area contributed by atoms with Crippen LogP contribution in [0, 0.1) is 11.7 Å². The topological polar surface area (TPSA) is 75.3 Å². The Labute approximate surface area is 136 Å². The maximum atomic E-state index is 12.8. The van der Waals surface area contributed by atoms with Crippen LogP contribution in [0.4, 0.5) is 9.18 Å². The van der Waals surface area contributed by atoms with E-state index in [0.717, 1.165) is 5.56 Å². The quantitative estimate of drug-likeness (QED) is 0.858. The number of carbonyl (C=O) groups is 1. The first kappa shape index (κ1) is 17.7. The summed E-state index contributed by atoms with van der Waals surface area (Å²) in [5.41, 5.74) is 0.955. The highest BCUT2D eigenvalue weighted by atomic mass is 32.2. The van der Waals surface area contributed by atoms with Gasteiger partial charge in [-0.3, -0.25) is 0 Å². The molecule has 2 amide bonds. The first-order chi connectivity index (χ1) is 10.8. The standard InChI is InChI=1S/C16H23FN2O3S/c1-12(10-13-2-4-15(17)5-3-13)19-16(20)18-11-14-6-8-23(21,22)9-7-14/h2-5,12,14H,6-11H2,1H3,(H2,18,19,20)/t12-/m1/s1. The summed E-state index contributed by atoms with van der Waals surface area (Å²) in [6.45, 7) is 2.38. The minimum absolute atomic E-state index is 0.0767. The molecule has 0 saturated carbocycles. The molecule has 1 atom stereocenters. The van der Waals surface area contributed by atoms with Crippen molar-refractivity contribution in [3.63, 3.8) is 0 Å². The van der Waals surface area contributed by atoms with E-state index in [-0.39, 0.29) is 35.3 Å². The Bertz CT molecular complexity index is 617. The van der Waals surface area contributed by atoms with Crippen LogP contribution in [0.15, 0.2) is 24.3 Å². The van der Waals surface area contributed by atoms with E-state index in [0.29, 0.717) is 25.8 Å². The first-order valence-corrected chi connectivity index (χ1v) is 9.65. The minimum Gasteiger partial charge on any atom is -0.338 e. The van der Waals surface area contributed by atoms with Crippen LogP contribution < -0.4 is 10.6 Å². The Morgan fingerprint density at radius 3 is 2.48 bits per heavy atom. The molecule has 1 aliphatic heterocycles. The van der Waals surface area contributed by atoms with Crippen LogP contribution in [0.1, 0.15) is 25.3 Å². The molecular weight excluding hydrogens is 319 g/mol. The van der Waals surface area contributed by atoms with Crippen molar-refractivity contribution < 1.29 is 17.6 Å². The molecule has 1 aromatic carbocycles. The lowest BCUT2D eigenvalue weighted by molar-refractivity contribution is 0.235. The molecule has 23 heavy (non-hydrogen) atoms. The number of hydrogen-bond donors (Lipinski definition) is 2. The van der Waals surface area contributed by atoms with Crippen LogP contribution in [0.2, 0.25) is 0 Å². The molecule has 0 aromatic heterocycles. The lowest BCUT2D eigenvalue weighted by Gasteiger charge is -2.22. The molecule has 2 N–H and O–H groups in total. The number of sulfone groups is 1. The Morgan fingerprint density at radius 2 is 1.87 bits per heavy atom. The number of halogens is 1. The molecule has 7 heteroatoms. The number of rotatable bonds is 5. The van der Waals surface area contributed by atoms with Crippen LogP contribution in [-0.4, -0.2) is 38.5 Å². The molecule has 1 fully saturated rings. The average Bonchev–Trinajstić information content (AvgIpc) is 2.48. The third-order valence-electron chi connectivity index (χ3n) is 4.06.